The van der Waals surface area contributed by atoms with Crippen LogP contribution in [-0.2, 0) is 4.79 Å². The van der Waals surface area contributed by atoms with Crippen molar-refractivity contribution < 1.29 is 19.5 Å². The van der Waals surface area contributed by atoms with Crippen molar-refractivity contribution in [3.63, 3.8) is 0 Å². The third-order valence-electron chi connectivity index (χ3n) is 3.12. The molecule has 2 heterocycles. The Balaban J connectivity index is 2.20. The SMILES string of the molecule is CC(=O)c1c[nH]c(C(=O)N2CCCC2C(=O)O)c1. The van der Waals surface area contributed by atoms with Crippen molar-refractivity contribution >= 4 is 17.7 Å². The molecule has 1 fully saturated rings. The highest BCUT2D eigenvalue weighted by Gasteiger charge is 2.34. The Morgan fingerprint density at radius 1 is 1.44 bits per heavy atom. The molecular weight excluding hydrogens is 236 g/mol. The molecule has 0 aromatic carbocycles. The molecule has 0 radical (unpaired) electrons. The lowest BCUT2D eigenvalue weighted by molar-refractivity contribution is -0.141. The van der Waals surface area contributed by atoms with Crippen LogP contribution in [0.5, 0.6) is 0 Å². The number of likely N-dealkylation sites (tertiary alicyclic amines) is 1. The molecule has 2 N–H and O–H groups in total. The van der Waals surface area contributed by atoms with Gasteiger partial charge in [-0.1, -0.05) is 0 Å². The van der Waals surface area contributed by atoms with E-state index in [1.807, 2.05) is 0 Å². The van der Waals surface area contributed by atoms with Gasteiger partial charge in [0.1, 0.15) is 11.7 Å². The summed E-state index contributed by atoms with van der Waals surface area (Å²) in [5.41, 5.74) is 0.678. The van der Waals surface area contributed by atoms with Gasteiger partial charge in [-0.2, -0.15) is 0 Å². The first kappa shape index (κ1) is 12.3. The summed E-state index contributed by atoms with van der Waals surface area (Å²) in [6.45, 7) is 1.84. The number of aromatic nitrogens is 1. The molecule has 1 amide bonds. The molecular formula is C12H14N2O4. The molecule has 0 bridgehead atoms. The lowest BCUT2D eigenvalue weighted by Gasteiger charge is -2.20. The van der Waals surface area contributed by atoms with Crippen molar-refractivity contribution in [3.8, 4) is 0 Å². The Labute approximate surface area is 104 Å². The second kappa shape index (κ2) is 4.64. The van der Waals surface area contributed by atoms with Gasteiger partial charge in [0.25, 0.3) is 5.91 Å². The zero-order valence-electron chi connectivity index (χ0n) is 9.97. The minimum absolute atomic E-state index is 0.137. The van der Waals surface area contributed by atoms with E-state index in [9.17, 15) is 14.4 Å². The number of carbonyl (C=O) groups excluding carboxylic acids is 2. The summed E-state index contributed by atoms with van der Waals surface area (Å²) in [6.07, 6.45) is 2.62. The number of ketones is 1. The number of rotatable bonds is 3. The van der Waals surface area contributed by atoms with Crippen LogP contribution in [0, 0.1) is 0 Å². The monoisotopic (exact) mass is 250 g/mol. The number of amides is 1. The van der Waals surface area contributed by atoms with Crippen LogP contribution < -0.4 is 0 Å². The van der Waals surface area contributed by atoms with E-state index in [2.05, 4.69) is 4.98 Å². The summed E-state index contributed by atoms with van der Waals surface area (Å²) in [5.74, 6) is -1.49. The molecule has 96 valence electrons. The highest BCUT2D eigenvalue weighted by Crippen LogP contribution is 2.20. The van der Waals surface area contributed by atoms with Crippen LogP contribution in [-0.4, -0.2) is 45.2 Å². The Morgan fingerprint density at radius 2 is 2.17 bits per heavy atom. The fourth-order valence-corrected chi connectivity index (χ4v) is 2.14. The van der Waals surface area contributed by atoms with Crippen molar-refractivity contribution in [2.75, 3.05) is 6.54 Å². The summed E-state index contributed by atoms with van der Waals surface area (Å²) in [7, 11) is 0. The van der Waals surface area contributed by atoms with E-state index in [1.54, 1.807) is 0 Å². The number of aliphatic carboxylic acids is 1. The second-order valence-corrected chi connectivity index (χ2v) is 4.35. The van der Waals surface area contributed by atoms with Crippen LogP contribution in [0.2, 0.25) is 0 Å². The number of aromatic amines is 1. The zero-order valence-corrected chi connectivity index (χ0v) is 9.97. The van der Waals surface area contributed by atoms with Crippen molar-refractivity contribution in [1.29, 1.82) is 0 Å². The highest BCUT2D eigenvalue weighted by molar-refractivity contribution is 6.00. The van der Waals surface area contributed by atoms with Crippen molar-refractivity contribution in [3.05, 3.63) is 23.5 Å². The van der Waals surface area contributed by atoms with Crippen molar-refractivity contribution in [2.45, 2.75) is 25.8 Å². The van der Waals surface area contributed by atoms with Crippen LogP contribution in [0.1, 0.15) is 40.6 Å². The number of carbonyl (C=O) groups is 3. The maximum atomic E-state index is 12.1. The molecule has 0 aliphatic carbocycles. The minimum atomic E-state index is -0.987. The Kier molecular flexibility index (Phi) is 3.18. The van der Waals surface area contributed by atoms with E-state index in [0.29, 0.717) is 24.9 Å². The largest absolute Gasteiger partial charge is 0.480 e. The second-order valence-electron chi connectivity index (χ2n) is 4.35. The average Bonchev–Trinajstić information content (AvgIpc) is 2.97. The van der Waals surface area contributed by atoms with Crippen LogP contribution in [0.15, 0.2) is 12.3 Å². The predicted octanol–water partition coefficient (Wildman–Crippen LogP) is 0.907. The molecule has 1 atom stereocenters. The minimum Gasteiger partial charge on any atom is -0.480 e. The fourth-order valence-electron chi connectivity index (χ4n) is 2.14. The van der Waals surface area contributed by atoms with Gasteiger partial charge in [-0.25, -0.2) is 4.79 Å². The number of hydrogen-bond donors (Lipinski definition) is 2. The zero-order chi connectivity index (χ0) is 13.3. The average molecular weight is 250 g/mol. The van der Waals surface area contributed by atoms with E-state index in [4.69, 9.17) is 5.11 Å². The third kappa shape index (κ3) is 2.13. The summed E-state index contributed by atoms with van der Waals surface area (Å²) < 4.78 is 0. The van der Waals surface area contributed by atoms with E-state index >= 15 is 0 Å². The highest BCUT2D eigenvalue weighted by atomic mass is 16.4. The van der Waals surface area contributed by atoms with Crippen LogP contribution in [0.4, 0.5) is 0 Å². The molecule has 1 aromatic heterocycles. The molecule has 0 saturated carbocycles. The number of Topliss-reactive ketones (excluding diaryl/α,β-unsaturated/α-hetero) is 1. The lowest BCUT2D eigenvalue weighted by atomic mass is 10.2. The summed E-state index contributed by atoms with van der Waals surface area (Å²) >= 11 is 0. The number of carboxylic acids is 1. The van der Waals surface area contributed by atoms with Gasteiger partial charge >= 0.3 is 5.97 Å². The number of carboxylic acid groups (broad SMARTS) is 1. The number of H-pyrrole nitrogens is 1. The van der Waals surface area contributed by atoms with Crippen molar-refractivity contribution in [1.82, 2.24) is 9.88 Å². The maximum absolute atomic E-state index is 12.1. The first-order valence-electron chi connectivity index (χ1n) is 5.74. The summed E-state index contributed by atoms with van der Waals surface area (Å²) in [4.78, 5) is 38.3. The van der Waals surface area contributed by atoms with Gasteiger partial charge < -0.3 is 15.0 Å². The molecule has 0 spiro atoms. The van der Waals surface area contributed by atoms with E-state index in [1.165, 1.54) is 24.1 Å². The first-order chi connectivity index (χ1) is 8.50. The molecule has 1 aromatic rings. The molecule has 18 heavy (non-hydrogen) atoms. The van der Waals surface area contributed by atoms with Gasteiger partial charge in [-0.3, -0.25) is 9.59 Å². The quantitative estimate of drug-likeness (QED) is 0.780. The number of nitrogens with one attached hydrogen (secondary N) is 1. The summed E-state index contributed by atoms with van der Waals surface area (Å²) in [6, 6.07) is 0.698. The number of nitrogens with zero attached hydrogens (tertiary/aromatic N) is 1. The molecule has 1 unspecified atom stereocenters. The Morgan fingerprint density at radius 3 is 2.72 bits per heavy atom. The molecule has 6 heteroatoms. The van der Waals surface area contributed by atoms with E-state index in [-0.39, 0.29) is 17.4 Å². The predicted molar refractivity (Wildman–Crippen MR) is 62.5 cm³/mol. The normalized spacial score (nSPS) is 18.9. The smallest absolute Gasteiger partial charge is 0.326 e. The van der Waals surface area contributed by atoms with Gasteiger partial charge in [0, 0.05) is 18.3 Å². The number of hydrogen-bond acceptors (Lipinski definition) is 3. The van der Waals surface area contributed by atoms with Crippen LogP contribution in [0.3, 0.4) is 0 Å². The Hall–Kier alpha value is -2.11. The topological polar surface area (TPSA) is 90.5 Å². The van der Waals surface area contributed by atoms with Crippen molar-refractivity contribution in [2.24, 2.45) is 0 Å². The van der Waals surface area contributed by atoms with E-state index in [0.717, 1.165) is 0 Å². The standard InChI is InChI=1S/C12H14N2O4/c1-7(15)8-5-9(13-6-8)11(16)14-4-2-3-10(14)12(17)18/h5-6,10,13H,2-4H2,1H3,(H,17,18). The molecule has 1 saturated heterocycles. The van der Waals surface area contributed by atoms with Crippen LogP contribution in [0.25, 0.3) is 0 Å². The lowest BCUT2D eigenvalue weighted by Crippen LogP contribution is -2.40. The fraction of sp³-hybridized carbons (Fsp3) is 0.417. The third-order valence-corrected chi connectivity index (χ3v) is 3.12. The maximum Gasteiger partial charge on any atom is 0.326 e. The van der Waals surface area contributed by atoms with Gasteiger partial charge in [0.15, 0.2) is 5.78 Å². The first-order valence-corrected chi connectivity index (χ1v) is 5.74. The van der Waals surface area contributed by atoms with E-state index < -0.39 is 12.0 Å². The molecule has 1 aliphatic heterocycles. The molecule has 6 nitrogen and oxygen atoms in total. The Bertz CT molecular complexity index is 506. The van der Waals surface area contributed by atoms with Gasteiger partial charge in [-0.05, 0) is 25.8 Å². The van der Waals surface area contributed by atoms with Gasteiger partial charge in [-0.15, -0.1) is 0 Å². The van der Waals surface area contributed by atoms with Gasteiger partial charge in [0.2, 0.25) is 0 Å². The van der Waals surface area contributed by atoms with Crippen LogP contribution >= 0.6 is 0 Å². The molecule has 1 aliphatic rings. The van der Waals surface area contributed by atoms with Gasteiger partial charge in [0.05, 0.1) is 0 Å². The molecule has 2 rings (SSSR count). The summed E-state index contributed by atoms with van der Waals surface area (Å²) in [5, 5.41) is 9.01.